The van der Waals surface area contributed by atoms with Crippen molar-refractivity contribution in [2.45, 2.75) is 24.7 Å². The van der Waals surface area contributed by atoms with Crippen molar-refractivity contribution in [3.8, 4) is 11.5 Å². The molecule has 0 atom stereocenters. The topological polar surface area (TPSA) is 44.5 Å². The minimum absolute atomic E-state index is 0.147. The van der Waals surface area contributed by atoms with Crippen molar-refractivity contribution in [3.05, 3.63) is 22.2 Å². The van der Waals surface area contributed by atoms with Crippen LogP contribution in [0.3, 0.4) is 0 Å². The molecule has 1 saturated carbocycles. The van der Waals surface area contributed by atoms with Crippen LogP contribution in [-0.4, -0.2) is 19.8 Å². The Labute approximate surface area is 109 Å². The first kappa shape index (κ1) is 11.4. The van der Waals surface area contributed by atoms with Crippen molar-refractivity contribution in [2.75, 3.05) is 19.8 Å². The zero-order valence-corrected chi connectivity index (χ0v) is 11.3. The zero-order valence-electron chi connectivity index (χ0n) is 9.67. The monoisotopic (exact) mass is 297 g/mol. The predicted octanol–water partition coefficient (Wildman–Crippen LogP) is 2.60. The summed E-state index contributed by atoms with van der Waals surface area (Å²) in [5.41, 5.74) is 7.37. The SMILES string of the molecule is NCC1(c2cc3c(cc2Br)OCCO3)CCC1. The third-order valence-electron chi connectivity index (χ3n) is 3.90. The molecule has 0 aromatic heterocycles. The summed E-state index contributed by atoms with van der Waals surface area (Å²) in [5, 5.41) is 0. The van der Waals surface area contributed by atoms with E-state index in [1.807, 2.05) is 6.07 Å². The van der Waals surface area contributed by atoms with Crippen LogP contribution in [0.4, 0.5) is 0 Å². The fourth-order valence-corrected chi connectivity index (χ4v) is 3.40. The Morgan fingerprint density at radius 1 is 1.18 bits per heavy atom. The first-order chi connectivity index (χ1) is 8.25. The second-order valence-electron chi connectivity index (χ2n) is 4.81. The quantitative estimate of drug-likeness (QED) is 0.913. The lowest BCUT2D eigenvalue weighted by molar-refractivity contribution is 0.169. The van der Waals surface area contributed by atoms with Crippen LogP contribution in [0.5, 0.6) is 11.5 Å². The molecule has 92 valence electrons. The van der Waals surface area contributed by atoms with E-state index in [2.05, 4.69) is 22.0 Å². The standard InChI is InChI=1S/C13H16BrNO2/c14-10-7-12-11(16-4-5-17-12)6-9(10)13(8-15)2-1-3-13/h6-7H,1-5,8,15H2. The third-order valence-corrected chi connectivity index (χ3v) is 4.56. The highest BCUT2D eigenvalue weighted by Gasteiger charge is 2.39. The van der Waals surface area contributed by atoms with E-state index in [0.717, 1.165) is 16.0 Å². The van der Waals surface area contributed by atoms with Gasteiger partial charge in [0, 0.05) is 16.4 Å². The van der Waals surface area contributed by atoms with Gasteiger partial charge in [-0.25, -0.2) is 0 Å². The van der Waals surface area contributed by atoms with Crippen LogP contribution in [0.2, 0.25) is 0 Å². The molecular weight excluding hydrogens is 282 g/mol. The summed E-state index contributed by atoms with van der Waals surface area (Å²) >= 11 is 3.64. The Kier molecular flexibility index (Phi) is 2.79. The van der Waals surface area contributed by atoms with Gasteiger partial charge in [0.2, 0.25) is 0 Å². The number of rotatable bonds is 2. The smallest absolute Gasteiger partial charge is 0.162 e. The van der Waals surface area contributed by atoms with E-state index in [4.69, 9.17) is 15.2 Å². The maximum atomic E-state index is 5.95. The highest BCUT2D eigenvalue weighted by atomic mass is 79.9. The first-order valence-corrected chi connectivity index (χ1v) is 6.84. The van der Waals surface area contributed by atoms with Crippen molar-refractivity contribution in [2.24, 2.45) is 5.73 Å². The number of benzene rings is 1. The number of nitrogens with two attached hydrogens (primary N) is 1. The summed E-state index contributed by atoms with van der Waals surface area (Å²) in [6.07, 6.45) is 3.60. The van der Waals surface area contributed by atoms with E-state index in [1.54, 1.807) is 0 Å². The lowest BCUT2D eigenvalue weighted by Crippen LogP contribution is -2.41. The van der Waals surface area contributed by atoms with E-state index in [9.17, 15) is 0 Å². The average Bonchev–Trinajstić information content (AvgIpc) is 2.29. The number of ether oxygens (including phenoxy) is 2. The predicted molar refractivity (Wildman–Crippen MR) is 69.7 cm³/mol. The fraction of sp³-hybridized carbons (Fsp3) is 0.538. The molecule has 1 fully saturated rings. The van der Waals surface area contributed by atoms with Crippen molar-refractivity contribution in [3.63, 3.8) is 0 Å². The maximum absolute atomic E-state index is 5.95. The number of fused-ring (bicyclic) bond motifs is 1. The molecule has 1 aliphatic carbocycles. The molecule has 2 N–H and O–H groups in total. The zero-order chi connectivity index (χ0) is 11.9. The number of hydrogen-bond donors (Lipinski definition) is 1. The largest absolute Gasteiger partial charge is 0.486 e. The van der Waals surface area contributed by atoms with Crippen molar-refractivity contribution >= 4 is 15.9 Å². The number of halogens is 1. The van der Waals surface area contributed by atoms with Crippen molar-refractivity contribution in [1.29, 1.82) is 0 Å². The summed E-state index contributed by atoms with van der Waals surface area (Å²) in [7, 11) is 0. The molecule has 0 spiro atoms. The summed E-state index contributed by atoms with van der Waals surface area (Å²) in [5.74, 6) is 1.69. The highest BCUT2D eigenvalue weighted by molar-refractivity contribution is 9.10. The summed E-state index contributed by atoms with van der Waals surface area (Å²) in [6, 6.07) is 4.12. The van der Waals surface area contributed by atoms with Crippen LogP contribution in [0.25, 0.3) is 0 Å². The molecule has 4 heteroatoms. The molecule has 0 bridgehead atoms. The molecule has 1 heterocycles. The van der Waals surface area contributed by atoms with E-state index in [0.29, 0.717) is 19.8 Å². The molecular formula is C13H16BrNO2. The minimum atomic E-state index is 0.147. The molecule has 1 aromatic carbocycles. The second kappa shape index (κ2) is 4.18. The van der Waals surface area contributed by atoms with Gasteiger partial charge >= 0.3 is 0 Å². The van der Waals surface area contributed by atoms with E-state index in [1.165, 1.54) is 24.8 Å². The first-order valence-electron chi connectivity index (χ1n) is 6.05. The molecule has 0 saturated heterocycles. The Bertz CT molecular complexity index is 438. The Balaban J connectivity index is 2.05. The summed E-state index contributed by atoms with van der Waals surface area (Å²) in [6.45, 7) is 1.95. The van der Waals surface area contributed by atoms with Gasteiger partial charge in [0.1, 0.15) is 13.2 Å². The van der Waals surface area contributed by atoms with E-state index < -0.39 is 0 Å². The van der Waals surface area contributed by atoms with E-state index >= 15 is 0 Å². The Morgan fingerprint density at radius 3 is 2.35 bits per heavy atom. The maximum Gasteiger partial charge on any atom is 0.162 e. The van der Waals surface area contributed by atoms with Gasteiger partial charge in [-0.15, -0.1) is 0 Å². The van der Waals surface area contributed by atoms with Gasteiger partial charge in [-0.3, -0.25) is 0 Å². The van der Waals surface area contributed by atoms with Crippen LogP contribution in [0.15, 0.2) is 16.6 Å². The second-order valence-corrected chi connectivity index (χ2v) is 5.67. The van der Waals surface area contributed by atoms with Crippen LogP contribution in [0, 0.1) is 0 Å². The Hall–Kier alpha value is -0.740. The minimum Gasteiger partial charge on any atom is -0.486 e. The van der Waals surface area contributed by atoms with Gasteiger partial charge in [0.25, 0.3) is 0 Å². The lowest BCUT2D eigenvalue weighted by atomic mass is 9.64. The number of hydrogen-bond acceptors (Lipinski definition) is 3. The van der Waals surface area contributed by atoms with Crippen molar-refractivity contribution < 1.29 is 9.47 Å². The summed E-state index contributed by atoms with van der Waals surface area (Å²) in [4.78, 5) is 0. The van der Waals surface area contributed by atoms with Crippen LogP contribution in [-0.2, 0) is 5.41 Å². The van der Waals surface area contributed by atoms with Gasteiger partial charge < -0.3 is 15.2 Å². The molecule has 17 heavy (non-hydrogen) atoms. The van der Waals surface area contributed by atoms with E-state index in [-0.39, 0.29) is 5.41 Å². The van der Waals surface area contributed by atoms with Gasteiger partial charge in [0.15, 0.2) is 11.5 Å². The van der Waals surface area contributed by atoms with Gasteiger partial charge in [-0.2, -0.15) is 0 Å². The average molecular weight is 298 g/mol. The molecule has 1 aromatic rings. The van der Waals surface area contributed by atoms with Gasteiger partial charge in [-0.1, -0.05) is 22.4 Å². The van der Waals surface area contributed by atoms with Crippen molar-refractivity contribution in [1.82, 2.24) is 0 Å². The molecule has 0 radical (unpaired) electrons. The lowest BCUT2D eigenvalue weighted by Gasteiger charge is -2.42. The third kappa shape index (κ3) is 1.74. The Morgan fingerprint density at radius 2 is 1.82 bits per heavy atom. The molecule has 2 aliphatic rings. The van der Waals surface area contributed by atoms with Gasteiger partial charge in [-0.05, 0) is 30.5 Å². The molecule has 0 unspecified atom stereocenters. The normalized spacial score (nSPS) is 20.8. The molecule has 3 nitrogen and oxygen atoms in total. The van der Waals surface area contributed by atoms with Gasteiger partial charge in [0.05, 0.1) is 0 Å². The molecule has 0 amide bonds. The van der Waals surface area contributed by atoms with Crippen LogP contribution < -0.4 is 15.2 Å². The van der Waals surface area contributed by atoms with Crippen LogP contribution in [0.1, 0.15) is 24.8 Å². The summed E-state index contributed by atoms with van der Waals surface area (Å²) < 4.78 is 12.3. The fourth-order valence-electron chi connectivity index (χ4n) is 2.66. The van der Waals surface area contributed by atoms with Crippen LogP contribution >= 0.6 is 15.9 Å². The molecule has 1 aliphatic heterocycles. The molecule has 3 rings (SSSR count). The highest BCUT2D eigenvalue weighted by Crippen LogP contribution is 2.48.